The van der Waals surface area contributed by atoms with Crippen molar-refractivity contribution in [3.63, 3.8) is 0 Å². The predicted octanol–water partition coefficient (Wildman–Crippen LogP) is 1.48. The van der Waals surface area contributed by atoms with Crippen molar-refractivity contribution in [2.45, 2.75) is 32.5 Å². The molecule has 0 aliphatic carbocycles. The van der Waals surface area contributed by atoms with Crippen molar-refractivity contribution in [1.29, 1.82) is 0 Å². The Bertz CT molecular complexity index is 353. The van der Waals surface area contributed by atoms with E-state index in [9.17, 15) is 5.11 Å². The van der Waals surface area contributed by atoms with Crippen molar-refractivity contribution in [3.05, 3.63) is 35.9 Å². The third-order valence-electron chi connectivity index (χ3n) is 3.80. The molecule has 1 aromatic rings. The van der Waals surface area contributed by atoms with Crippen LogP contribution in [-0.2, 0) is 6.54 Å². The highest BCUT2D eigenvalue weighted by molar-refractivity contribution is 5.15. The first-order chi connectivity index (χ1) is 8.72. The van der Waals surface area contributed by atoms with Gasteiger partial charge in [0.15, 0.2) is 0 Å². The van der Waals surface area contributed by atoms with Gasteiger partial charge in [-0.2, -0.15) is 0 Å². The molecule has 1 fully saturated rings. The van der Waals surface area contributed by atoms with Crippen LogP contribution in [0.15, 0.2) is 30.3 Å². The molecule has 2 atom stereocenters. The van der Waals surface area contributed by atoms with Gasteiger partial charge in [0.2, 0.25) is 0 Å². The number of nitrogens with one attached hydrogen (secondary N) is 1. The summed E-state index contributed by atoms with van der Waals surface area (Å²) < 4.78 is 0. The van der Waals surface area contributed by atoms with E-state index in [4.69, 9.17) is 0 Å². The number of hydrogen-bond acceptors (Lipinski definition) is 3. The molecule has 0 amide bonds. The Hall–Kier alpha value is -0.900. The second kappa shape index (κ2) is 6.32. The van der Waals surface area contributed by atoms with Gasteiger partial charge < -0.3 is 10.4 Å². The first-order valence-electron chi connectivity index (χ1n) is 6.84. The number of benzene rings is 1. The minimum Gasteiger partial charge on any atom is -0.395 e. The zero-order valence-electron chi connectivity index (χ0n) is 11.3. The molecule has 100 valence electrons. The second-order valence-electron chi connectivity index (χ2n) is 5.43. The van der Waals surface area contributed by atoms with E-state index < -0.39 is 0 Å². The summed E-state index contributed by atoms with van der Waals surface area (Å²) in [6, 6.07) is 11.1. The fourth-order valence-corrected chi connectivity index (χ4v) is 2.83. The molecule has 1 aliphatic heterocycles. The van der Waals surface area contributed by atoms with E-state index >= 15 is 0 Å². The lowest BCUT2D eigenvalue weighted by Gasteiger charge is -2.43. The standard InChI is InChI=1S/C15H24N2O/c1-12(2)15-14(11-18)17(9-8-16-15)10-13-6-4-3-5-7-13/h3-7,12,14-16,18H,8-11H2,1-2H3/t14-,15-/m1/s1. The summed E-state index contributed by atoms with van der Waals surface area (Å²) in [5.41, 5.74) is 1.32. The maximum atomic E-state index is 9.68. The van der Waals surface area contributed by atoms with Crippen LogP contribution in [0.5, 0.6) is 0 Å². The van der Waals surface area contributed by atoms with Crippen LogP contribution in [0.25, 0.3) is 0 Å². The topological polar surface area (TPSA) is 35.5 Å². The average Bonchev–Trinajstić information content (AvgIpc) is 2.39. The van der Waals surface area contributed by atoms with Gasteiger partial charge in [-0.25, -0.2) is 0 Å². The van der Waals surface area contributed by atoms with Gasteiger partial charge in [0.25, 0.3) is 0 Å². The van der Waals surface area contributed by atoms with Crippen molar-refractivity contribution in [2.24, 2.45) is 5.92 Å². The van der Waals surface area contributed by atoms with Crippen LogP contribution in [0.1, 0.15) is 19.4 Å². The molecule has 0 bridgehead atoms. The third-order valence-corrected chi connectivity index (χ3v) is 3.80. The van der Waals surface area contributed by atoms with E-state index in [1.807, 2.05) is 6.07 Å². The van der Waals surface area contributed by atoms with Crippen LogP contribution in [0.2, 0.25) is 0 Å². The Morgan fingerprint density at radius 1 is 1.33 bits per heavy atom. The van der Waals surface area contributed by atoms with E-state index in [2.05, 4.69) is 48.3 Å². The van der Waals surface area contributed by atoms with Crippen LogP contribution in [0, 0.1) is 5.92 Å². The second-order valence-corrected chi connectivity index (χ2v) is 5.43. The van der Waals surface area contributed by atoms with E-state index in [-0.39, 0.29) is 12.6 Å². The van der Waals surface area contributed by atoms with E-state index in [1.54, 1.807) is 0 Å². The number of aliphatic hydroxyl groups excluding tert-OH is 1. The molecule has 0 aromatic heterocycles. The molecule has 1 saturated heterocycles. The molecule has 0 unspecified atom stereocenters. The van der Waals surface area contributed by atoms with Gasteiger partial charge in [-0.1, -0.05) is 44.2 Å². The highest BCUT2D eigenvalue weighted by atomic mass is 16.3. The molecular weight excluding hydrogens is 224 g/mol. The van der Waals surface area contributed by atoms with Crippen LogP contribution in [0.4, 0.5) is 0 Å². The van der Waals surface area contributed by atoms with Crippen LogP contribution in [-0.4, -0.2) is 41.8 Å². The monoisotopic (exact) mass is 248 g/mol. The molecule has 18 heavy (non-hydrogen) atoms. The fraction of sp³-hybridized carbons (Fsp3) is 0.600. The zero-order valence-corrected chi connectivity index (χ0v) is 11.3. The van der Waals surface area contributed by atoms with Crippen molar-refractivity contribution in [2.75, 3.05) is 19.7 Å². The molecule has 2 N–H and O–H groups in total. The largest absolute Gasteiger partial charge is 0.395 e. The van der Waals surface area contributed by atoms with Gasteiger partial charge in [-0.15, -0.1) is 0 Å². The number of aliphatic hydroxyl groups is 1. The van der Waals surface area contributed by atoms with Gasteiger partial charge in [0.1, 0.15) is 0 Å². The molecular formula is C15H24N2O. The lowest BCUT2D eigenvalue weighted by atomic mass is 9.93. The van der Waals surface area contributed by atoms with Gasteiger partial charge in [0, 0.05) is 31.7 Å². The predicted molar refractivity (Wildman–Crippen MR) is 74.4 cm³/mol. The fourth-order valence-electron chi connectivity index (χ4n) is 2.83. The number of hydrogen-bond donors (Lipinski definition) is 2. The maximum Gasteiger partial charge on any atom is 0.0602 e. The summed E-state index contributed by atoms with van der Waals surface area (Å²) in [5.74, 6) is 0.542. The summed E-state index contributed by atoms with van der Waals surface area (Å²) in [6.07, 6.45) is 0. The molecule has 3 heteroatoms. The number of rotatable bonds is 4. The van der Waals surface area contributed by atoms with Crippen LogP contribution >= 0.6 is 0 Å². The Labute approximate surface area is 110 Å². The first kappa shape index (κ1) is 13.5. The summed E-state index contributed by atoms with van der Waals surface area (Å²) in [4.78, 5) is 2.40. The smallest absolute Gasteiger partial charge is 0.0602 e. The van der Waals surface area contributed by atoms with Crippen molar-refractivity contribution >= 4 is 0 Å². The lowest BCUT2D eigenvalue weighted by Crippen LogP contribution is -2.60. The van der Waals surface area contributed by atoms with E-state index in [0.717, 1.165) is 19.6 Å². The molecule has 1 aliphatic rings. The van der Waals surface area contributed by atoms with Gasteiger partial charge in [-0.05, 0) is 11.5 Å². The number of nitrogens with zero attached hydrogens (tertiary/aromatic N) is 1. The Morgan fingerprint density at radius 2 is 2.06 bits per heavy atom. The molecule has 0 saturated carbocycles. The van der Waals surface area contributed by atoms with Gasteiger partial charge in [-0.3, -0.25) is 4.90 Å². The van der Waals surface area contributed by atoms with Crippen LogP contribution in [0.3, 0.4) is 0 Å². The minimum atomic E-state index is 0.221. The summed E-state index contributed by atoms with van der Waals surface area (Å²) in [5, 5.41) is 13.2. The van der Waals surface area contributed by atoms with Gasteiger partial charge >= 0.3 is 0 Å². The molecule has 3 nitrogen and oxygen atoms in total. The highest BCUT2D eigenvalue weighted by Gasteiger charge is 2.32. The summed E-state index contributed by atoms with van der Waals surface area (Å²) in [6.45, 7) is 7.59. The zero-order chi connectivity index (χ0) is 13.0. The third kappa shape index (κ3) is 3.10. The normalized spacial score (nSPS) is 25.6. The molecule has 1 heterocycles. The SMILES string of the molecule is CC(C)[C@H]1NCCN(Cc2ccccc2)[C@@H]1CO. The van der Waals surface area contributed by atoms with Gasteiger partial charge in [0.05, 0.1) is 6.61 Å². The summed E-state index contributed by atoms with van der Waals surface area (Å²) >= 11 is 0. The van der Waals surface area contributed by atoms with Crippen LogP contribution < -0.4 is 5.32 Å². The lowest BCUT2D eigenvalue weighted by molar-refractivity contribution is 0.0469. The minimum absolute atomic E-state index is 0.221. The number of piperazine rings is 1. The van der Waals surface area contributed by atoms with E-state index in [1.165, 1.54) is 5.56 Å². The molecule has 1 aromatic carbocycles. The molecule has 2 rings (SSSR count). The Morgan fingerprint density at radius 3 is 2.67 bits per heavy atom. The maximum absolute atomic E-state index is 9.68. The molecule has 0 spiro atoms. The quantitative estimate of drug-likeness (QED) is 0.847. The average molecular weight is 248 g/mol. The van der Waals surface area contributed by atoms with Crippen molar-refractivity contribution in [1.82, 2.24) is 10.2 Å². The van der Waals surface area contributed by atoms with Crippen molar-refractivity contribution < 1.29 is 5.11 Å². The first-order valence-corrected chi connectivity index (χ1v) is 6.84. The highest BCUT2D eigenvalue weighted by Crippen LogP contribution is 2.18. The Balaban J connectivity index is 2.06. The molecule has 0 radical (unpaired) electrons. The summed E-state index contributed by atoms with van der Waals surface area (Å²) in [7, 11) is 0. The van der Waals surface area contributed by atoms with Crippen molar-refractivity contribution in [3.8, 4) is 0 Å². The Kier molecular flexibility index (Phi) is 4.75. The van der Waals surface area contributed by atoms with E-state index in [0.29, 0.717) is 12.0 Å².